The summed E-state index contributed by atoms with van der Waals surface area (Å²) in [7, 11) is 0. The highest BCUT2D eigenvalue weighted by atomic mass is 16.3. The third-order valence-electron chi connectivity index (χ3n) is 2.85. The van der Waals surface area contributed by atoms with Crippen LogP contribution in [0.4, 0.5) is 0 Å². The van der Waals surface area contributed by atoms with E-state index in [1.165, 1.54) is 5.56 Å². The maximum Gasteiger partial charge on any atom is 0.104 e. The standard InChI is InChI=1S/C13H18N4O/c1-10-3-5-11(6-4-10)13-12(9-14)15-16-17(13)7-2-8-18/h3-6,18H,2,7-9,14H2,1H3. The van der Waals surface area contributed by atoms with Gasteiger partial charge in [-0.2, -0.15) is 0 Å². The summed E-state index contributed by atoms with van der Waals surface area (Å²) < 4.78 is 1.81. The predicted molar refractivity (Wildman–Crippen MR) is 69.8 cm³/mol. The Labute approximate surface area is 106 Å². The monoisotopic (exact) mass is 246 g/mol. The fourth-order valence-electron chi connectivity index (χ4n) is 1.89. The second kappa shape index (κ2) is 5.75. The Morgan fingerprint density at radius 3 is 2.61 bits per heavy atom. The lowest BCUT2D eigenvalue weighted by Gasteiger charge is -2.07. The van der Waals surface area contributed by atoms with E-state index in [1.807, 2.05) is 16.8 Å². The third-order valence-corrected chi connectivity index (χ3v) is 2.85. The Kier molecular flexibility index (Phi) is 4.07. The first-order valence-corrected chi connectivity index (χ1v) is 6.06. The molecule has 0 saturated carbocycles. The number of hydrogen-bond donors (Lipinski definition) is 2. The molecule has 0 fully saturated rings. The molecule has 96 valence electrons. The quantitative estimate of drug-likeness (QED) is 0.828. The van der Waals surface area contributed by atoms with E-state index in [0.717, 1.165) is 17.0 Å². The smallest absolute Gasteiger partial charge is 0.104 e. The molecule has 1 heterocycles. The van der Waals surface area contributed by atoms with E-state index in [4.69, 9.17) is 10.8 Å². The van der Waals surface area contributed by atoms with Gasteiger partial charge in [0.15, 0.2) is 0 Å². The van der Waals surface area contributed by atoms with E-state index in [2.05, 4.69) is 29.4 Å². The Balaban J connectivity index is 2.39. The van der Waals surface area contributed by atoms with E-state index in [1.54, 1.807) is 0 Å². The van der Waals surface area contributed by atoms with Gasteiger partial charge in [0.2, 0.25) is 0 Å². The minimum absolute atomic E-state index is 0.144. The lowest BCUT2D eigenvalue weighted by atomic mass is 10.1. The summed E-state index contributed by atoms with van der Waals surface area (Å²) in [5, 5.41) is 17.1. The van der Waals surface area contributed by atoms with Crippen LogP contribution in [-0.2, 0) is 13.1 Å². The summed E-state index contributed by atoms with van der Waals surface area (Å²) in [6.07, 6.45) is 0.659. The lowest BCUT2D eigenvalue weighted by molar-refractivity contribution is 0.276. The normalized spacial score (nSPS) is 10.8. The number of rotatable bonds is 5. The van der Waals surface area contributed by atoms with Crippen LogP contribution in [0.15, 0.2) is 24.3 Å². The minimum Gasteiger partial charge on any atom is -0.396 e. The second-order valence-electron chi connectivity index (χ2n) is 4.26. The van der Waals surface area contributed by atoms with Gasteiger partial charge in [-0.1, -0.05) is 35.0 Å². The number of benzene rings is 1. The van der Waals surface area contributed by atoms with Crippen molar-refractivity contribution in [3.8, 4) is 11.3 Å². The molecule has 0 aliphatic carbocycles. The molecule has 3 N–H and O–H groups in total. The zero-order valence-corrected chi connectivity index (χ0v) is 10.5. The molecule has 5 heteroatoms. The van der Waals surface area contributed by atoms with Crippen molar-refractivity contribution in [1.82, 2.24) is 15.0 Å². The van der Waals surface area contributed by atoms with E-state index in [0.29, 0.717) is 19.5 Å². The highest BCUT2D eigenvalue weighted by Gasteiger charge is 2.13. The highest BCUT2D eigenvalue weighted by Crippen LogP contribution is 2.22. The molecule has 1 aromatic heterocycles. The summed E-state index contributed by atoms with van der Waals surface area (Å²) in [6, 6.07) is 8.20. The molecule has 0 aliphatic heterocycles. The molecule has 2 aromatic rings. The van der Waals surface area contributed by atoms with Gasteiger partial charge in [-0.25, -0.2) is 4.68 Å². The van der Waals surface area contributed by atoms with E-state index in [9.17, 15) is 0 Å². The molecule has 0 saturated heterocycles. The van der Waals surface area contributed by atoms with Crippen LogP contribution in [0.2, 0.25) is 0 Å². The van der Waals surface area contributed by atoms with Gasteiger partial charge in [-0.05, 0) is 13.3 Å². The Bertz CT molecular complexity index is 504. The van der Waals surface area contributed by atoms with Gasteiger partial charge in [-0.15, -0.1) is 5.10 Å². The number of nitrogens with zero attached hydrogens (tertiary/aromatic N) is 3. The number of aryl methyl sites for hydroxylation is 2. The number of aromatic nitrogens is 3. The van der Waals surface area contributed by atoms with Crippen molar-refractivity contribution in [2.75, 3.05) is 6.61 Å². The number of hydrogen-bond acceptors (Lipinski definition) is 4. The van der Waals surface area contributed by atoms with Crippen LogP contribution in [-0.4, -0.2) is 26.7 Å². The molecule has 0 spiro atoms. The SMILES string of the molecule is Cc1ccc(-c2c(CN)nnn2CCCO)cc1. The average molecular weight is 246 g/mol. The van der Waals surface area contributed by atoms with Crippen LogP contribution in [0.5, 0.6) is 0 Å². The molecule has 0 unspecified atom stereocenters. The summed E-state index contributed by atoms with van der Waals surface area (Å²) in [5.74, 6) is 0. The van der Waals surface area contributed by atoms with Gasteiger partial charge < -0.3 is 10.8 Å². The Morgan fingerprint density at radius 2 is 2.00 bits per heavy atom. The van der Waals surface area contributed by atoms with E-state index < -0.39 is 0 Å². The van der Waals surface area contributed by atoms with Crippen molar-refractivity contribution in [3.05, 3.63) is 35.5 Å². The number of aliphatic hydroxyl groups excluding tert-OH is 1. The van der Waals surface area contributed by atoms with Crippen LogP contribution in [0.25, 0.3) is 11.3 Å². The molecule has 1 aromatic carbocycles. The summed E-state index contributed by atoms with van der Waals surface area (Å²) in [5.41, 5.74) is 9.70. The molecule has 0 radical (unpaired) electrons. The molecule has 0 atom stereocenters. The third kappa shape index (κ3) is 2.57. The summed E-state index contributed by atoms with van der Waals surface area (Å²) in [6.45, 7) is 3.20. The molecular weight excluding hydrogens is 228 g/mol. The second-order valence-corrected chi connectivity index (χ2v) is 4.26. The maximum absolute atomic E-state index is 8.90. The topological polar surface area (TPSA) is 77.0 Å². The van der Waals surface area contributed by atoms with Crippen molar-refractivity contribution in [2.45, 2.75) is 26.4 Å². The minimum atomic E-state index is 0.144. The molecular formula is C13H18N4O. The summed E-state index contributed by atoms with van der Waals surface area (Å²) >= 11 is 0. The van der Waals surface area contributed by atoms with Gasteiger partial charge >= 0.3 is 0 Å². The van der Waals surface area contributed by atoms with Gasteiger partial charge in [-0.3, -0.25) is 0 Å². The number of nitrogens with two attached hydrogens (primary N) is 1. The first-order chi connectivity index (χ1) is 8.76. The van der Waals surface area contributed by atoms with E-state index in [-0.39, 0.29) is 6.61 Å². The van der Waals surface area contributed by atoms with Crippen molar-refractivity contribution in [3.63, 3.8) is 0 Å². The van der Waals surface area contributed by atoms with Crippen LogP contribution in [0.3, 0.4) is 0 Å². The van der Waals surface area contributed by atoms with Gasteiger partial charge in [0.05, 0.1) is 5.69 Å². The first kappa shape index (κ1) is 12.7. The zero-order chi connectivity index (χ0) is 13.0. The molecule has 0 amide bonds. The van der Waals surface area contributed by atoms with Crippen LogP contribution in [0, 0.1) is 6.92 Å². The first-order valence-electron chi connectivity index (χ1n) is 6.06. The molecule has 0 aliphatic rings. The van der Waals surface area contributed by atoms with Crippen LogP contribution in [0.1, 0.15) is 17.7 Å². The average Bonchev–Trinajstić information content (AvgIpc) is 2.80. The van der Waals surface area contributed by atoms with Crippen LogP contribution < -0.4 is 5.73 Å². The van der Waals surface area contributed by atoms with Crippen molar-refractivity contribution >= 4 is 0 Å². The fourth-order valence-corrected chi connectivity index (χ4v) is 1.89. The highest BCUT2D eigenvalue weighted by molar-refractivity contribution is 5.62. The van der Waals surface area contributed by atoms with Gasteiger partial charge in [0.25, 0.3) is 0 Å². The number of aliphatic hydroxyl groups is 1. The molecule has 18 heavy (non-hydrogen) atoms. The predicted octanol–water partition coefficient (Wildman–Crippen LogP) is 1.09. The summed E-state index contributed by atoms with van der Waals surface area (Å²) in [4.78, 5) is 0. The van der Waals surface area contributed by atoms with Gasteiger partial charge in [0.1, 0.15) is 5.69 Å². The Morgan fingerprint density at radius 1 is 1.28 bits per heavy atom. The van der Waals surface area contributed by atoms with Crippen molar-refractivity contribution < 1.29 is 5.11 Å². The van der Waals surface area contributed by atoms with E-state index >= 15 is 0 Å². The largest absolute Gasteiger partial charge is 0.396 e. The van der Waals surface area contributed by atoms with Crippen molar-refractivity contribution in [1.29, 1.82) is 0 Å². The molecule has 2 rings (SSSR count). The zero-order valence-electron chi connectivity index (χ0n) is 10.5. The maximum atomic E-state index is 8.90. The molecule has 5 nitrogen and oxygen atoms in total. The molecule has 0 bridgehead atoms. The van der Waals surface area contributed by atoms with Crippen LogP contribution >= 0.6 is 0 Å². The van der Waals surface area contributed by atoms with Gasteiger partial charge in [0, 0.05) is 25.3 Å². The lowest BCUT2D eigenvalue weighted by Crippen LogP contribution is -2.06. The fraction of sp³-hybridized carbons (Fsp3) is 0.385. The Hall–Kier alpha value is -1.72. The van der Waals surface area contributed by atoms with Crippen molar-refractivity contribution in [2.24, 2.45) is 5.73 Å².